The molecule has 0 radical (unpaired) electrons. The van der Waals surface area contributed by atoms with Crippen LogP contribution >= 0.6 is 0 Å². The molecule has 0 saturated carbocycles. The highest BCUT2D eigenvalue weighted by Gasteiger charge is 2.88. The van der Waals surface area contributed by atoms with Crippen molar-refractivity contribution in [3.63, 3.8) is 0 Å². The smallest absolute Gasteiger partial charge is 0.454 e. The number of alkyl halides is 13. The molecule has 0 bridgehead atoms. The zero-order chi connectivity index (χ0) is 27.7. The first kappa shape index (κ1) is 31.7. The van der Waals surface area contributed by atoms with Crippen molar-refractivity contribution in [2.24, 2.45) is 0 Å². The van der Waals surface area contributed by atoms with Gasteiger partial charge in [0, 0.05) is 20.8 Å². The Bertz CT molecular complexity index is 736. The van der Waals surface area contributed by atoms with Crippen LogP contribution in [0.5, 0.6) is 0 Å². The minimum absolute atomic E-state index is 0.208. The van der Waals surface area contributed by atoms with Crippen molar-refractivity contribution in [1.29, 1.82) is 0 Å². The van der Waals surface area contributed by atoms with Gasteiger partial charge in [-0.1, -0.05) is 0 Å². The lowest BCUT2D eigenvalue weighted by atomic mass is 9.94. The van der Waals surface area contributed by atoms with Gasteiger partial charge >= 0.3 is 32.5 Å². The topological polar surface area (TPSA) is 78.9 Å². The van der Waals surface area contributed by atoms with E-state index in [1.54, 1.807) is 0 Å². The van der Waals surface area contributed by atoms with Gasteiger partial charge in [-0.15, -0.1) is 0 Å². The van der Waals surface area contributed by atoms with Crippen molar-refractivity contribution in [2.45, 2.75) is 69.0 Å². The van der Waals surface area contributed by atoms with Crippen LogP contribution in [0.3, 0.4) is 0 Å². The van der Waals surface area contributed by atoms with Gasteiger partial charge in [-0.2, -0.15) is 35.1 Å². The molecule has 0 rings (SSSR count). The van der Waals surface area contributed by atoms with Crippen LogP contribution in [0.1, 0.15) is 20.8 Å². The third-order valence-corrected chi connectivity index (χ3v) is 6.28. The fourth-order valence-electron chi connectivity index (χ4n) is 2.12. The van der Waals surface area contributed by atoms with E-state index in [9.17, 15) is 71.5 Å². The monoisotopic (exact) mass is 552 g/mol. The number of rotatable bonds is 11. The van der Waals surface area contributed by atoms with Crippen LogP contribution < -0.4 is 0 Å². The summed E-state index contributed by atoms with van der Waals surface area (Å²) in [4.78, 5) is 33.3. The highest BCUT2D eigenvalue weighted by molar-refractivity contribution is 6.67. The molecule has 6 nitrogen and oxygen atoms in total. The Hall–Kier alpha value is -2.28. The summed E-state index contributed by atoms with van der Waals surface area (Å²) < 4.78 is 187. The standard InChI is InChI=1S/C14H13F13O6Si/c1-4(28)31-34(32-5(2)29,33-6(3)30)10(19)12(22,23)14(26,27)13(24,25)11(20,21)8(16)7(15)9(17)18/h7-10H,1-3H3. The normalized spacial score (nSPS) is 16.5. The van der Waals surface area contributed by atoms with Gasteiger partial charge in [0.25, 0.3) is 30.1 Å². The molecular weight excluding hydrogens is 539 g/mol. The molecule has 0 heterocycles. The molecule has 200 valence electrons. The Kier molecular flexibility index (Phi) is 9.46. The molecule has 0 fully saturated rings. The van der Waals surface area contributed by atoms with Gasteiger partial charge in [0.2, 0.25) is 6.17 Å². The summed E-state index contributed by atoms with van der Waals surface area (Å²) in [5, 5.41) is 0. The molecule has 0 aromatic carbocycles. The summed E-state index contributed by atoms with van der Waals surface area (Å²) in [6.07, 6.45) is -15.2. The average molecular weight is 552 g/mol. The Morgan fingerprint density at radius 3 is 1.18 bits per heavy atom. The SMILES string of the molecule is CC(=O)O[Si](OC(C)=O)(OC(C)=O)C(F)C(F)(F)C(F)(F)C(F)(F)C(F)(F)C(F)C(F)C(F)F. The molecule has 3 unspecified atom stereocenters. The van der Waals surface area contributed by atoms with Crippen molar-refractivity contribution < 1.29 is 84.7 Å². The number of carbonyl (C=O) groups excluding carboxylic acids is 3. The Balaban J connectivity index is 6.82. The minimum Gasteiger partial charge on any atom is -0.454 e. The Labute approximate surface area is 181 Å². The number of carbonyl (C=O) groups is 3. The van der Waals surface area contributed by atoms with E-state index in [1.165, 1.54) is 0 Å². The number of halogens is 13. The second kappa shape index (κ2) is 10.1. The van der Waals surface area contributed by atoms with Crippen molar-refractivity contribution in [2.75, 3.05) is 0 Å². The maximum Gasteiger partial charge on any atom is 0.748 e. The highest BCUT2D eigenvalue weighted by atomic mass is 28.4. The van der Waals surface area contributed by atoms with Gasteiger partial charge in [-0.25, -0.2) is 22.0 Å². The van der Waals surface area contributed by atoms with E-state index in [0.717, 1.165) is 0 Å². The molecule has 0 aliphatic carbocycles. The summed E-state index contributed by atoms with van der Waals surface area (Å²) in [5.41, 5.74) is 0. The molecule has 20 heteroatoms. The first-order chi connectivity index (χ1) is 14.9. The molecule has 0 aliphatic heterocycles. The first-order valence-corrected chi connectivity index (χ1v) is 10.0. The summed E-state index contributed by atoms with van der Waals surface area (Å²) in [6.45, 7) is 0.625. The Morgan fingerprint density at radius 2 is 0.912 bits per heavy atom. The molecule has 0 N–H and O–H groups in total. The van der Waals surface area contributed by atoms with Crippen LogP contribution in [0.2, 0.25) is 0 Å². The highest BCUT2D eigenvalue weighted by Crippen LogP contribution is 2.57. The lowest BCUT2D eigenvalue weighted by Crippen LogP contribution is -2.73. The molecule has 0 spiro atoms. The second-order valence-electron chi connectivity index (χ2n) is 6.32. The zero-order valence-corrected chi connectivity index (χ0v) is 17.7. The van der Waals surface area contributed by atoms with E-state index < -0.39 is 75.0 Å². The van der Waals surface area contributed by atoms with E-state index >= 15 is 0 Å². The van der Waals surface area contributed by atoms with Gasteiger partial charge in [0.15, 0.2) is 6.17 Å². The second-order valence-corrected chi connectivity index (χ2v) is 8.65. The summed E-state index contributed by atoms with van der Waals surface area (Å²) in [6, 6.07) is 0. The Morgan fingerprint density at radius 1 is 0.618 bits per heavy atom. The fraction of sp³-hybridized carbons (Fsp3) is 0.786. The number of hydrogen-bond acceptors (Lipinski definition) is 6. The van der Waals surface area contributed by atoms with Gasteiger partial charge < -0.3 is 13.3 Å². The third-order valence-electron chi connectivity index (χ3n) is 3.58. The molecule has 3 atom stereocenters. The zero-order valence-electron chi connectivity index (χ0n) is 16.7. The predicted octanol–water partition coefficient (Wildman–Crippen LogP) is 3.97. The van der Waals surface area contributed by atoms with Gasteiger partial charge in [0.1, 0.15) is 0 Å². The van der Waals surface area contributed by atoms with Crippen LogP contribution in [0.4, 0.5) is 57.1 Å². The van der Waals surface area contributed by atoms with E-state index in [4.69, 9.17) is 0 Å². The molecule has 0 amide bonds. The lowest BCUT2D eigenvalue weighted by molar-refractivity contribution is -0.384. The van der Waals surface area contributed by atoms with E-state index in [0.29, 0.717) is 0 Å². The maximum absolute atomic E-state index is 14.6. The maximum atomic E-state index is 14.6. The minimum atomic E-state index is -7.82. The van der Waals surface area contributed by atoms with Gasteiger partial charge in [0.05, 0.1) is 0 Å². The first-order valence-electron chi connectivity index (χ1n) is 8.22. The summed E-state index contributed by atoms with van der Waals surface area (Å²) in [5.74, 6) is -41.5. The van der Waals surface area contributed by atoms with Crippen molar-refractivity contribution in [1.82, 2.24) is 0 Å². The third kappa shape index (κ3) is 5.67. The summed E-state index contributed by atoms with van der Waals surface area (Å²) >= 11 is 0. The van der Waals surface area contributed by atoms with Gasteiger partial charge in [-0.05, 0) is 0 Å². The van der Waals surface area contributed by atoms with Crippen LogP contribution in [0, 0.1) is 0 Å². The quantitative estimate of drug-likeness (QED) is 0.285. The molecular formula is C14H13F13O6Si. The van der Waals surface area contributed by atoms with E-state index in [2.05, 4.69) is 13.3 Å². The van der Waals surface area contributed by atoms with Crippen LogP contribution in [-0.4, -0.2) is 75.0 Å². The average Bonchev–Trinajstić information content (AvgIpc) is 2.63. The van der Waals surface area contributed by atoms with Crippen LogP contribution in [0.25, 0.3) is 0 Å². The molecule has 0 aromatic rings. The van der Waals surface area contributed by atoms with Gasteiger partial charge in [-0.3, -0.25) is 14.4 Å². The lowest BCUT2D eigenvalue weighted by Gasteiger charge is -2.40. The van der Waals surface area contributed by atoms with Crippen LogP contribution in [-0.2, 0) is 27.7 Å². The molecule has 34 heavy (non-hydrogen) atoms. The van der Waals surface area contributed by atoms with Crippen molar-refractivity contribution >= 4 is 26.7 Å². The molecule has 0 saturated heterocycles. The van der Waals surface area contributed by atoms with Crippen molar-refractivity contribution in [3.8, 4) is 0 Å². The molecule has 0 aromatic heterocycles. The largest absolute Gasteiger partial charge is 0.748 e. The van der Waals surface area contributed by atoms with E-state index in [1.807, 2.05) is 0 Å². The summed E-state index contributed by atoms with van der Waals surface area (Å²) in [7, 11) is -6.85. The van der Waals surface area contributed by atoms with E-state index in [-0.39, 0.29) is 20.8 Å². The van der Waals surface area contributed by atoms with Crippen LogP contribution in [0.15, 0.2) is 0 Å². The predicted molar refractivity (Wildman–Crippen MR) is 81.5 cm³/mol. The number of hydrogen-bond donors (Lipinski definition) is 0. The van der Waals surface area contributed by atoms with Crippen molar-refractivity contribution in [3.05, 3.63) is 0 Å². The molecule has 0 aliphatic rings. The fourth-order valence-corrected chi connectivity index (χ4v) is 4.38.